The van der Waals surface area contributed by atoms with E-state index in [4.69, 9.17) is 0 Å². The maximum absolute atomic E-state index is 2.41. The first-order valence-electron chi connectivity index (χ1n) is 6.75. The molecule has 0 radical (unpaired) electrons. The molecule has 0 aromatic rings. The van der Waals surface area contributed by atoms with Gasteiger partial charge in [-0.3, -0.25) is 0 Å². The quantitative estimate of drug-likeness (QED) is 0.731. The second-order valence-corrected chi connectivity index (χ2v) is 9.92. The molecule has 0 saturated carbocycles. The van der Waals surface area contributed by atoms with Gasteiger partial charge >= 0.3 is 0 Å². The van der Waals surface area contributed by atoms with Crippen LogP contribution in [0.15, 0.2) is 0 Å². The summed E-state index contributed by atoms with van der Waals surface area (Å²) in [5.74, 6) is 1.43. The van der Waals surface area contributed by atoms with E-state index in [1.807, 2.05) is 0 Å². The van der Waals surface area contributed by atoms with Gasteiger partial charge in [0.25, 0.3) is 0 Å². The van der Waals surface area contributed by atoms with Gasteiger partial charge in [-0.05, 0) is 44.3 Å². The lowest BCUT2D eigenvalue weighted by Gasteiger charge is -2.20. The van der Waals surface area contributed by atoms with E-state index in [1.165, 1.54) is 44.3 Å². The molecule has 3 aliphatic heterocycles. The van der Waals surface area contributed by atoms with Gasteiger partial charge in [0, 0.05) is 26.2 Å². The van der Waals surface area contributed by atoms with Crippen LogP contribution in [0.3, 0.4) is 0 Å². The molecule has 3 saturated heterocycles. The zero-order valence-corrected chi connectivity index (χ0v) is 12.5. The maximum Gasteiger partial charge on any atom is 0.0170 e. The van der Waals surface area contributed by atoms with Crippen LogP contribution in [0, 0.1) is 0 Å². The van der Waals surface area contributed by atoms with Gasteiger partial charge < -0.3 is 0 Å². The highest BCUT2D eigenvalue weighted by atomic mass is 32.2. The molecule has 16 heavy (non-hydrogen) atoms. The van der Waals surface area contributed by atoms with E-state index < -0.39 is 0 Å². The first-order valence-corrected chi connectivity index (χ1v) is 9.69. The molecule has 0 bridgehead atoms. The van der Waals surface area contributed by atoms with Gasteiger partial charge in [0.1, 0.15) is 0 Å². The van der Waals surface area contributed by atoms with Crippen LogP contribution in [0.1, 0.15) is 45.4 Å². The first kappa shape index (κ1) is 12.1. The van der Waals surface area contributed by atoms with Crippen molar-refractivity contribution in [2.45, 2.75) is 71.7 Å². The van der Waals surface area contributed by atoms with Crippen LogP contribution in [0.5, 0.6) is 0 Å². The van der Waals surface area contributed by atoms with Crippen molar-refractivity contribution in [3.8, 4) is 0 Å². The third kappa shape index (κ3) is 2.56. The summed E-state index contributed by atoms with van der Waals surface area (Å²) in [6.45, 7) is 2.41. The predicted molar refractivity (Wildman–Crippen MR) is 80.0 cm³/mol. The van der Waals surface area contributed by atoms with Crippen molar-refractivity contribution in [2.75, 3.05) is 5.75 Å². The highest BCUT2D eigenvalue weighted by Gasteiger charge is 2.38. The Morgan fingerprint density at radius 2 is 1.44 bits per heavy atom. The molecule has 3 aliphatic rings. The minimum Gasteiger partial charge on any atom is -0.157 e. The van der Waals surface area contributed by atoms with E-state index in [-0.39, 0.29) is 0 Å². The van der Waals surface area contributed by atoms with Crippen molar-refractivity contribution in [3.63, 3.8) is 0 Å². The number of hydrogen-bond acceptors (Lipinski definition) is 3. The summed E-state index contributed by atoms with van der Waals surface area (Å²) in [6.07, 6.45) is 8.97. The molecule has 3 fully saturated rings. The second-order valence-electron chi connectivity index (χ2n) is 5.40. The topological polar surface area (TPSA) is 0 Å². The Balaban J connectivity index is 1.52. The third-order valence-electron chi connectivity index (χ3n) is 4.14. The zero-order valence-electron chi connectivity index (χ0n) is 10.1. The monoisotopic (exact) mass is 274 g/mol. The van der Waals surface area contributed by atoms with Crippen molar-refractivity contribution in [1.82, 2.24) is 0 Å². The fraction of sp³-hybridized carbons (Fsp3) is 1.00. The zero-order chi connectivity index (χ0) is 11.0. The SMILES string of the molecule is CC1CCC(C2CCC(C3CCCS3)S2)S1. The van der Waals surface area contributed by atoms with Crippen LogP contribution >= 0.6 is 35.3 Å². The molecular formula is C13H22S3. The molecule has 3 heteroatoms. The van der Waals surface area contributed by atoms with Gasteiger partial charge in [-0.25, -0.2) is 0 Å². The van der Waals surface area contributed by atoms with E-state index in [0.29, 0.717) is 0 Å². The number of rotatable bonds is 2. The molecule has 0 aromatic carbocycles. The van der Waals surface area contributed by atoms with Crippen molar-refractivity contribution in [1.29, 1.82) is 0 Å². The summed E-state index contributed by atoms with van der Waals surface area (Å²) in [5.41, 5.74) is 0. The van der Waals surface area contributed by atoms with Gasteiger partial charge in [-0.2, -0.15) is 35.3 Å². The predicted octanol–water partition coefficient (Wildman–Crippen LogP) is 4.43. The first-order chi connectivity index (χ1) is 7.83. The molecule has 3 heterocycles. The largest absolute Gasteiger partial charge is 0.157 e. The minimum absolute atomic E-state index is 0.936. The Hall–Kier alpha value is 1.05. The Kier molecular flexibility index (Phi) is 4.05. The molecule has 0 spiro atoms. The van der Waals surface area contributed by atoms with Crippen molar-refractivity contribution in [2.24, 2.45) is 0 Å². The van der Waals surface area contributed by atoms with E-state index in [0.717, 1.165) is 26.2 Å². The third-order valence-corrected chi connectivity index (χ3v) is 9.45. The lowest BCUT2D eigenvalue weighted by Crippen LogP contribution is -2.17. The molecule has 0 nitrogen and oxygen atoms in total. The van der Waals surface area contributed by atoms with Gasteiger partial charge in [0.05, 0.1) is 0 Å². The van der Waals surface area contributed by atoms with Crippen LogP contribution < -0.4 is 0 Å². The lowest BCUT2D eigenvalue weighted by molar-refractivity contribution is 0.649. The van der Waals surface area contributed by atoms with Crippen molar-refractivity contribution >= 4 is 35.3 Å². The van der Waals surface area contributed by atoms with Crippen LogP contribution in [0.4, 0.5) is 0 Å². The van der Waals surface area contributed by atoms with Crippen molar-refractivity contribution in [3.05, 3.63) is 0 Å². The maximum atomic E-state index is 2.41. The normalized spacial score (nSPS) is 48.9. The van der Waals surface area contributed by atoms with Gasteiger partial charge in [0.15, 0.2) is 0 Å². The van der Waals surface area contributed by atoms with Gasteiger partial charge in [-0.15, -0.1) is 0 Å². The van der Waals surface area contributed by atoms with Crippen LogP contribution in [0.25, 0.3) is 0 Å². The Bertz CT molecular complexity index is 237. The molecule has 0 amide bonds. The highest BCUT2D eigenvalue weighted by Crippen LogP contribution is 2.49. The molecule has 0 aliphatic carbocycles. The number of hydrogen-bond donors (Lipinski definition) is 0. The molecule has 0 aromatic heterocycles. The van der Waals surface area contributed by atoms with Gasteiger partial charge in [0.2, 0.25) is 0 Å². The van der Waals surface area contributed by atoms with E-state index in [2.05, 4.69) is 42.2 Å². The molecule has 3 rings (SSSR count). The average Bonchev–Trinajstić information content (AvgIpc) is 2.97. The summed E-state index contributed by atoms with van der Waals surface area (Å²) in [7, 11) is 0. The van der Waals surface area contributed by atoms with Crippen LogP contribution in [0.2, 0.25) is 0 Å². The van der Waals surface area contributed by atoms with Crippen molar-refractivity contribution < 1.29 is 0 Å². The van der Waals surface area contributed by atoms with Gasteiger partial charge in [-0.1, -0.05) is 6.92 Å². The van der Waals surface area contributed by atoms with Crippen LogP contribution in [-0.2, 0) is 0 Å². The standard InChI is InChI=1S/C13H22S3/c1-9-4-5-12(15-9)13-7-6-11(16-13)10-3-2-8-14-10/h9-13H,2-8H2,1H3. The fourth-order valence-electron chi connectivity index (χ4n) is 3.24. The molecule has 0 N–H and O–H groups in total. The van der Waals surface area contributed by atoms with Crippen LogP contribution in [-0.4, -0.2) is 32.0 Å². The number of thioether (sulfide) groups is 3. The Morgan fingerprint density at radius 1 is 0.750 bits per heavy atom. The molecule has 92 valence electrons. The second kappa shape index (κ2) is 5.36. The Labute approximate surface area is 112 Å². The highest BCUT2D eigenvalue weighted by molar-refractivity contribution is 8.06. The molecule has 5 unspecified atom stereocenters. The lowest BCUT2D eigenvalue weighted by atomic mass is 10.1. The molecular weight excluding hydrogens is 252 g/mol. The summed E-state index contributed by atoms with van der Waals surface area (Å²) in [4.78, 5) is 0. The van der Waals surface area contributed by atoms with E-state index in [1.54, 1.807) is 0 Å². The van der Waals surface area contributed by atoms with E-state index >= 15 is 0 Å². The van der Waals surface area contributed by atoms with E-state index in [9.17, 15) is 0 Å². The summed E-state index contributed by atoms with van der Waals surface area (Å²) in [5, 5.41) is 4.95. The fourth-order valence-corrected chi connectivity index (χ4v) is 8.44. The minimum atomic E-state index is 0.936. The Morgan fingerprint density at radius 3 is 2.06 bits per heavy atom. The summed E-state index contributed by atoms with van der Waals surface area (Å²) in [6, 6.07) is 0. The summed E-state index contributed by atoms with van der Waals surface area (Å²) >= 11 is 6.90. The summed E-state index contributed by atoms with van der Waals surface area (Å²) < 4.78 is 0. The molecule has 5 atom stereocenters. The average molecular weight is 275 g/mol. The smallest absolute Gasteiger partial charge is 0.0170 e.